The lowest BCUT2D eigenvalue weighted by atomic mass is 9.81. The van der Waals surface area contributed by atoms with E-state index in [1.54, 1.807) is 11.8 Å². The number of aliphatic carboxylic acids is 1. The molecule has 0 heterocycles. The lowest BCUT2D eigenvalue weighted by Crippen LogP contribution is -2.45. The number of hydrogen-bond acceptors (Lipinski definition) is 6. The lowest BCUT2D eigenvalue weighted by Gasteiger charge is -2.39. The molecule has 0 aromatic heterocycles. The average Bonchev–Trinajstić information content (AvgIpc) is 3.13. The van der Waals surface area contributed by atoms with E-state index in [0.29, 0.717) is 25.0 Å². The number of rotatable bonds is 19. The van der Waals surface area contributed by atoms with Crippen molar-refractivity contribution >= 4 is 32.0 Å². The minimum Gasteiger partial charge on any atom is -0.481 e. The molecule has 1 aliphatic rings. The van der Waals surface area contributed by atoms with Crippen molar-refractivity contribution in [3.8, 4) is 0 Å². The Morgan fingerprint density at radius 3 is 2.27 bits per heavy atom. The SMILES string of the molecule is CCCCCC(C)(C)C(O)/C=C/[C@@H]1C(SCCCCCC(=O)O)=C(OC(=O)CCC)C[C@H]1O[Si](C)(C)C(C)(C)C. The third kappa shape index (κ3) is 12.4. The third-order valence-electron chi connectivity index (χ3n) is 8.33. The summed E-state index contributed by atoms with van der Waals surface area (Å²) in [7, 11) is -2.13. The van der Waals surface area contributed by atoms with Gasteiger partial charge in [-0.15, -0.1) is 11.8 Å². The minimum absolute atomic E-state index is 0.0289. The van der Waals surface area contributed by atoms with E-state index in [4.69, 9.17) is 14.3 Å². The van der Waals surface area contributed by atoms with Gasteiger partial charge in [-0.2, -0.15) is 0 Å². The number of aliphatic hydroxyl groups is 1. The zero-order valence-electron chi connectivity index (χ0n) is 26.8. The van der Waals surface area contributed by atoms with E-state index in [0.717, 1.165) is 55.6 Å². The van der Waals surface area contributed by atoms with Crippen LogP contribution in [0.25, 0.3) is 0 Å². The number of thioether (sulfide) groups is 1. The number of carboxylic acid groups (broad SMARTS) is 1. The second kappa shape index (κ2) is 17.1. The van der Waals surface area contributed by atoms with E-state index in [2.05, 4.69) is 60.7 Å². The Kier molecular flexibility index (Phi) is 15.8. The summed E-state index contributed by atoms with van der Waals surface area (Å²) in [5.41, 5.74) is -0.238. The Hall–Kier alpha value is -1.09. The van der Waals surface area contributed by atoms with Crippen LogP contribution in [0.15, 0.2) is 22.8 Å². The van der Waals surface area contributed by atoms with Gasteiger partial charge in [0.2, 0.25) is 0 Å². The summed E-state index contributed by atoms with van der Waals surface area (Å²) in [5, 5.41) is 20.2. The number of carbonyl (C=O) groups is 2. The van der Waals surface area contributed by atoms with Gasteiger partial charge >= 0.3 is 11.9 Å². The molecule has 0 spiro atoms. The van der Waals surface area contributed by atoms with E-state index in [-0.39, 0.29) is 34.9 Å². The van der Waals surface area contributed by atoms with Gasteiger partial charge in [0.1, 0.15) is 5.76 Å². The molecule has 0 radical (unpaired) electrons. The summed E-state index contributed by atoms with van der Waals surface area (Å²) in [6.07, 6.45) is 11.8. The molecule has 0 bridgehead atoms. The third-order valence-corrected chi connectivity index (χ3v) is 14.1. The maximum atomic E-state index is 12.6. The molecule has 0 amide bonds. The molecule has 1 unspecified atom stereocenters. The lowest BCUT2D eigenvalue weighted by molar-refractivity contribution is -0.140. The van der Waals surface area contributed by atoms with Crippen LogP contribution >= 0.6 is 11.8 Å². The standard InChI is InChI=1S/C32H58O6SSi/c1-10-12-15-21-32(6,7)27(33)20-19-24-25(38-40(8,9)31(3,4)5)23-26(37-29(36)17-11-2)30(24)39-22-16-13-14-18-28(34)35/h19-20,24-25,27,33H,10-18,21-23H2,1-9H3,(H,34,35)/b20-19+/t24-,25+,27?/m0/s1. The van der Waals surface area contributed by atoms with E-state index in [1.165, 1.54) is 0 Å². The van der Waals surface area contributed by atoms with E-state index in [9.17, 15) is 14.7 Å². The Balaban J connectivity index is 3.29. The number of carbonyl (C=O) groups excluding carboxylic acids is 1. The van der Waals surface area contributed by atoms with Gasteiger partial charge in [-0.05, 0) is 55.0 Å². The van der Waals surface area contributed by atoms with Gasteiger partial charge in [0.05, 0.1) is 12.2 Å². The highest BCUT2D eigenvalue weighted by molar-refractivity contribution is 8.03. The first-order chi connectivity index (χ1) is 18.6. The van der Waals surface area contributed by atoms with Crippen LogP contribution in [0, 0.1) is 11.3 Å². The summed E-state index contributed by atoms with van der Waals surface area (Å²) in [5.74, 6) is 0.423. The van der Waals surface area contributed by atoms with Gasteiger partial charge in [-0.25, -0.2) is 0 Å². The quantitative estimate of drug-likeness (QED) is 0.0664. The highest BCUT2D eigenvalue weighted by Crippen LogP contribution is 2.47. The van der Waals surface area contributed by atoms with Crippen LogP contribution in [-0.2, 0) is 18.8 Å². The first kappa shape index (κ1) is 36.9. The van der Waals surface area contributed by atoms with Crippen LogP contribution in [0.5, 0.6) is 0 Å². The molecule has 0 aliphatic heterocycles. The van der Waals surface area contributed by atoms with Gasteiger partial charge in [0.25, 0.3) is 0 Å². The molecule has 0 fully saturated rings. The Morgan fingerprint density at radius 2 is 1.70 bits per heavy atom. The van der Waals surface area contributed by atoms with Gasteiger partial charge in [0, 0.05) is 30.1 Å². The van der Waals surface area contributed by atoms with Gasteiger partial charge in [-0.1, -0.05) is 86.3 Å². The maximum Gasteiger partial charge on any atom is 0.310 e. The fraction of sp³-hybridized carbons (Fsp3) is 0.812. The number of esters is 1. The number of unbranched alkanes of at least 4 members (excludes halogenated alkanes) is 4. The summed E-state index contributed by atoms with van der Waals surface area (Å²) in [6, 6.07) is 0. The van der Waals surface area contributed by atoms with Crippen LogP contribution in [0.1, 0.15) is 119 Å². The minimum atomic E-state index is -2.13. The molecule has 2 N–H and O–H groups in total. The fourth-order valence-electron chi connectivity index (χ4n) is 4.51. The maximum absolute atomic E-state index is 12.6. The fourth-order valence-corrected chi connectivity index (χ4v) is 7.13. The van der Waals surface area contributed by atoms with Crippen LogP contribution in [0.2, 0.25) is 18.1 Å². The zero-order valence-corrected chi connectivity index (χ0v) is 28.6. The van der Waals surface area contributed by atoms with E-state index in [1.807, 2.05) is 13.0 Å². The Bertz CT molecular complexity index is 858. The van der Waals surface area contributed by atoms with Crippen molar-refractivity contribution in [3.63, 3.8) is 0 Å². The Labute approximate surface area is 249 Å². The number of carboxylic acids is 1. The molecule has 0 aromatic rings. The van der Waals surface area contributed by atoms with E-state index < -0.39 is 20.4 Å². The normalized spacial score (nSPS) is 19.4. The molecular weight excluding hydrogens is 540 g/mol. The number of ether oxygens (including phenoxy) is 1. The molecule has 6 nitrogen and oxygen atoms in total. The first-order valence-corrected chi connectivity index (χ1v) is 19.3. The van der Waals surface area contributed by atoms with Crippen molar-refractivity contribution in [2.24, 2.45) is 11.3 Å². The van der Waals surface area contributed by atoms with Crippen molar-refractivity contribution < 1.29 is 29.0 Å². The smallest absolute Gasteiger partial charge is 0.310 e. The van der Waals surface area contributed by atoms with Crippen LogP contribution in [-0.4, -0.2) is 48.4 Å². The average molecular weight is 599 g/mol. The van der Waals surface area contributed by atoms with Gasteiger partial charge in [0.15, 0.2) is 8.32 Å². The molecular formula is C32H58O6SSi. The molecule has 232 valence electrons. The van der Waals surface area contributed by atoms with Crippen molar-refractivity contribution in [1.82, 2.24) is 0 Å². The predicted octanol–water partition coefficient (Wildman–Crippen LogP) is 8.85. The summed E-state index contributed by atoms with van der Waals surface area (Å²) in [6.45, 7) is 19.6. The molecule has 0 aromatic carbocycles. The molecule has 0 saturated heterocycles. The highest BCUT2D eigenvalue weighted by Gasteiger charge is 2.44. The van der Waals surface area contributed by atoms with Gasteiger partial charge < -0.3 is 19.4 Å². The molecule has 1 rings (SSSR count). The number of hydrogen-bond donors (Lipinski definition) is 2. The van der Waals surface area contributed by atoms with Crippen LogP contribution in [0.3, 0.4) is 0 Å². The van der Waals surface area contributed by atoms with Crippen molar-refractivity contribution in [3.05, 3.63) is 22.8 Å². The molecule has 8 heteroatoms. The molecule has 1 aliphatic carbocycles. The number of aliphatic hydroxyl groups excluding tert-OH is 1. The van der Waals surface area contributed by atoms with Crippen LogP contribution in [0.4, 0.5) is 0 Å². The highest BCUT2D eigenvalue weighted by atomic mass is 32.2. The molecule has 40 heavy (non-hydrogen) atoms. The van der Waals surface area contributed by atoms with E-state index >= 15 is 0 Å². The monoisotopic (exact) mass is 598 g/mol. The largest absolute Gasteiger partial charge is 0.481 e. The van der Waals surface area contributed by atoms with Crippen molar-refractivity contribution in [2.45, 2.75) is 149 Å². The summed E-state index contributed by atoms with van der Waals surface area (Å²) < 4.78 is 12.9. The summed E-state index contributed by atoms with van der Waals surface area (Å²) in [4.78, 5) is 24.5. The molecule has 3 atom stereocenters. The zero-order chi connectivity index (χ0) is 30.6. The Morgan fingerprint density at radius 1 is 1.02 bits per heavy atom. The second-order valence-electron chi connectivity index (χ2n) is 13.5. The second-order valence-corrected chi connectivity index (χ2v) is 19.4. The molecule has 0 saturated carbocycles. The summed E-state index contributed by atoms with van der Waals surface area (Å²) >= 11 is 1.69. The predicted molar refractivity (Wildman–Crippen MR) is 170 cm³/mol. The topological polar surface area (TPSA) is 93.1 Å². The van der Waals surface area contributed by atoms with Crippen LogP contribution < -0.4 is 0 Å². The van der Waals surface area contributed by atoms with Crippen molar-refractivity contribution in [2.75, 3.05) is 5.75 Å². The van der Waals surface area contributed by atoms with Crippen molar-refractivity contribution in [1.29, 1.82) is 0 Å². The van der Waals surface area contributed by atoms with Gasteiger partial charge in [-0.3, -0.25) is 9.59 Å². The first-order valence-electron chi connectivity index (χ1n) is 15.4.